The molecule has 0 unspecified atom stereocenters. The second-order valence-corrected chi connectivity index (χ2v) is 10.2. The summed E-state index contributed by atoms with van der Waals surface area (Å²) in [7, 11) is 0. The van der Waals surface area contributed by atoms with Gasteiger partial charge >= 0.3 is 0 Å². The van der Waals surface area contributed by atoms with Crippen LogP contribution in [-0.2, 0) is 4.79 Å². The lowest BCUT2D eigenvalue weighted by Gasteiger charge is -2.32. The SMILES string of the molecule is Cc1cc(-c2[nH]c3ccc(C4CCN(C(=O)CNC(C)C)CC4)cc3c2C(C)C)cc(C)n1. The van der Waals surface area contributed by atoms with Gasteiger partial charge in [-0.05, 0) is 73.9 Å². The summed E-state index contributed by atoms with van der Waals surface area (Å²) in [4.78, 5) is 22.8. The number of H-pyrrole nitrogens is 1. The zero-order chi connectivity index (χ0) is 23.7. The molecule has 5 nitrogen and oxygen atoms in total. The van der Waals surface area contributed by atoms with Crippen molar-refractivity contribution in [3.05, 3.63) is 52.8 Å². The summed E-state index contributed by atoms with van der Waals surface area (Å²) in [6, 6.07) is 11.6. The van der Waals surface area contributed by atoms with Crippen LogP contribution in [0.3, 0.4) is 0 Å². The van der Waals surface area contributed by atoms with Gasteiger partial charge in [0.1, 0.15) is 0 Å². The number of carbonyl (C=O) groups is 1. The van der Waals surface area contributed by atoms with Crippen LogP contribution < -0.4 is 5.32 Å². The Bertz CT molecular complexity index is 1120. The van der Waals surface area contributed by atoms with Gasteiger partial charge in [0.2, 0.25) is 5.91 Å². The first-order valence-corrected chi connectivity index (χ1v) is 12.3. The van der Waals surface area contributed by atoms with E-state index in [9.17, 15) is 4.79 Å². The van der Waals surface area contributed by atoms with Gasteiger partial charge in [0.05, 0.1) is 12.2 Å². The number of benzene rings is 1. The molecule has 0 radical (unpaired) electrons. The third-order valence-corrected chi connectivity index (χ3v) is 6.79. The number of piperidine rings is 1. The first kappa shape index (κ1) is 23.5. The molecule has 2 aromatic heterocycles. The van der Waals surface area contributed by atoms with Crippen LogP contribution in [0.25, 0.3) is 22.2 Å². The molecule has 0 spiro atoms. The van der Waals surface area contributed by atoms with Crippen LogP contribution in [0, 0.1) is 13.8 Å². The smallest absolute Gasteiger partial charge is 0.236 e. The van der Waals surface area contributed by atoms with Crippen LogP contribution in [0.1, 0.15) is 74.9 Å². The van der Waals surface area contributed by atoms with E-state index in [0.29, 0.717) is 24.4 Å². The fraction of sp³-hybridized carbons (Fsp3) is 0.500. The maximum atomic E-state index is 12.5. The number of aromatic amines is 1. The molecule has 1 aliphatic rings. The van der Waals surface area contributed by atoms with Crippen molar-refractivity contribution < 1.29 is 4.79 Å². The van der Waals surface area contributed by atoms with Crippen LogP contribution in [-0.4, -0.2) is 46.5 Å². The Hall–Kier alpha value is -2.66. The van der Waals surface area contributed by atoms with E-state index in [1.54, 1.807) is 0 Å². The van der Waals surface area contributed by atoms with E-state index in [-0.39, 0.29) is 5.91 Å². The molecule has 2 N–H and O–H groups in total. The molecule has 33 heavy (non-hydrogen) atoms. The van der Waals surface area contributed by atoms with Gasteiger partial charge in [0.25, 0.3) is 0 Å². The average molecular weight is 447 g/mol. The molecule has 176 valence electrons. The highest BCUT2D eigenvalue weighted by molar-refractivity contribution is 5.92. The van der Waals surface area contributed by atoms with Crippen molar-refractivity contribution in [3.8, 4) is 11.3 Å². The number of hydrogen-bond donors (Lipinski definition) is 2. The van der Waals surface area contributed by atoms with Crippen molar-refractivity contribution in [2.45, 2.75) is 72.3 Å². The van der Waals surface area contributed by atoms with Crippen molar-refractivity contribution in [1.29, 1.82) is 0 Å². The largest absolute Gasteiger partial charge is 0.354 e. The Balaban J connectivity index is 1.59. The average Bonchev–Trinajstić information content (AvgIpc) is 3.16. The number of nitrogens with one attached hydrogen (secondary N) is 2. The number of fused-ring (bicyclic) bond motifs is 1. The number of likely N-dealkylation sites (tertiary alicyclic amines) is 1. The predicted molar refractivity (Wildman–Crippen MR) is 137 cm³/mol. The fourth-order valence-corrected chi connectivity index (χ4v) is 5.16. The normalized spacial score (nSPS) is 15.2. The minimum Gasteiger partial charge on any atom is -0.354 e. The van der Waals surface area contributed by atoms with E-state index in [1.807, 2.05) is 4.90 Å². The first-order chi connectivity index (χ1) is 15.7. The second-order valence-electron chi connectivity index (χ2n) is 10.2. The van der Waals surface area contributed by atoms with Crippen LogP contribution in [0.4, 0.5) is 0 Å². The highest BCUT2D eigenvalue weighted by atomic mass is 16.2. The summed E-state index contributed by atoms with van der Waals surface area (Å²) >= 11 is 0. The van der Waals surface area contributed by atoms with E-state index < -0.39 is 0 Å². The van der Waals surface area contributed by atoms with Crippen LogP contribution in [0.5, 0.6) is 0 Å². The standard InChI is InChI=1S/C28H38N4O/c1-17(2)27-24-15-22(21-9-11-32(12-10-21)26(33)16-29-18(3)4)7-8-25(24)31-28(27)23-13-19(5)30-20(6)14-23/h7-8,13-15,17-18,21,29,31H,9-12,16H2,1-6H3. The molecule has 5 heteroatoms. The van der Waals surface area contributed by atoms with Gasteiger partial charge in [0, 0.05) is 47.0 Å². The Morgan fingerprint density at radius 1 is 1.09 bits per heavy atom. The molecule has 3 heterocycles. The molecule has 1 aliphatic heterocycles. The third-order valence-electron chi connectivity index (χ3n) is 6.79. The van der Waals surface area contributed by atoms with Crippen molar-refractivity contribution in [1.82, 2.24) is 20.2 Å². The van der Waals surface area contributed by atoms with Gasteiger partial charge in [-0.15, -0.1) is 0 Å². The van der Waals surface area contributed by atoms with Gasteiger partial charge in [0.15, 0.2) is 0 Å². The van der Waals surface area contributed by atoms with Gasteiger partial charge in [-0.1, -0.05) is 33.8 Å². The quantitative estimate of drug-likeness (QED) is 0.512. The van der Waals surface area contributed by atoms with E-state index >= 15 is 0 Å². The number of aryl methyl sites for hydroxylation is 2. The van der Waals surface area contributed by atoms with Crippen molar-refractivity contribution in [2.24, 2.45) is 0 Å². The third kappa shape index (κ3) is 5.14. The lowest BCUT2D eigenvalue weighted by Crippen LogP contribution is -2.43. The lowest BCUT2D eigenvalue weighted by atomic mass is 9.87. The zero-order valence-corrected chi connectivity index (χ0v) is 21.0. The summed E-state index contributed by atoms with van der Waals surface area (Å²) in [5.41, 5.74) is 8.48. The Labute approximate surface area is 198 Å². The number of amides is 1. The number of rotatable bonds is 6. The van der Waals surface area contributed by atoms with Crippen LogP contribution in [0.2, 0.25) is 0 Å². The molecular weight excluding hydrogens is 408 g/mol. The Morgan fingerprint density at radius 3 is 2.36 bits per heavy atom. The Kier molecular flexibility index (Phi) is 6.89. The first-order valence-electron chi connectivity index (χ1n) is 12.3. The Morgan fingerprint density at radius 2 is 1.76 bits per heavy atom. The van der Waals surface area contributed by atoms with Gasteiger partial charge in [-0.2, -0.15) is 0 Å². The molecule has 0 saturated carbocycles. The summed E-state index contributed by atoms with van der Waals surface area (Å²) < 4.78 is 0. The van der Waals surface area contributed by atoms with Crippen molar-refractivity contribution in [3.63, 3.8) is 0 Å². The monoisotopic (exact) mass is 446 g/mol. The number of pyridine rings is 1. The van der Waals surface area contributed by atoms with Crippen LogP contribution in [0.15, 0.2) is 30.3 Å². The molecule has 1 aromatic carbocycles. The maximum Gasteiger partial charge on any atom is 0.236 e. The van der Waals surface area contributed by atoms with Crippen molar-refractivity contribution in [2.75, 3.05) is 19.6 Å². The van der Waals surface area contributed by atoms with Gasteiger partial charge in [-0.25, -0.2) is 0 Å². The van der Waals surface area contributed by atoms with E-state index in [2.05, 4.69) is 87.2 Å². The lowest BCUT2D eigenvalue weighted by molar-refractivity contribution is -0.131. The fourth-order valence-electron chi connectivity index (χ4n) is 5.16. The summed E-state index contributed by atoms with van der Waals surface area (Å²) in [6.45, 7) is 14.9. The highest BCUT2D eigenvalue weighted by Gasteiger charge is 2.25. The van der Waals surface area contributed by atoms with Gasteiger partial charge < -0.3 is 15.2 Å². The number of carbonyl (C=O) groups excluding carboxylic acids is 1. The van der Waals surface area contributed by atoms with Gasteiger partial charge in [-0.3, -0.25) is 9.78 Å². The number of hydrogen-bond acceptors (Lipinski definition) is 3. The number of aromatic nitrogens is 2. The molecular formula is C28H38N4O. The summed E-state index contributed by atoms with van der Waals surface area (Å²) in [5, 5.41) is 4.57. The molecule has 0 atom stereocenters. The molecule has 1 amide bonds. The predicted octanol–water partition coefficient (Wildman–Crippen LogP) is 5.67. The topological polar surface area (TPSA) is 61.0 Å². The van der Waals surface area contributed by atoms with Crippen LogP contribution >= 0.6 is 0 Å². The van der Waals surface area contributed by atoms with Crippen molar-refractivity contribution >= 4 is 16.8 Å². The zero-order valence-electron chi connectivity index (χ0n) is 21.0. The molecule has 3 aromatic rings. The minimum atomic E-state index is 0.220. The summed E-state index contributed by atoms with van der Waals surface area (Å²) in [6.07, 6.45) is 2.05. The number of nitrogens with zero attached hydrogens (tertiary/aromatic N) is 2. The highest BCUT2D eigenvalue weighted by Crippen LogP contribution is 2.38. The van der Waals surface area contributed by atoms with E-state index in [1.165, 1.54) is 33.3 Å². The minimum absolute atomic E-state index is 0.220. The molecule has 0 bridgehead atoms. The molecule has 4 rings (SSSR count). The molecule has 1 fully saturated rings. The second kappa shape index (κ2) is 9.68. The summed E-state index contributed by atoms with van der Waals surface area (Å²) in [5.74, 6) is 1.13. The maximum absolute atomic E-state index is 12.5. The van der Waals surface area contributed by atoms with E-state index in [0.717, 1.165) is 37.3 Å². The molecule has 1 saturated heterocycles. The van der Waals surface area contributed by atoms with E-state index in [4.69, 9.17) is 0 Å². The molecule has 0 aliphatic carbocycles.